The van der Waals surface area contributed by atoms with E-state index in [1.807, 2.05) is 12.1 Å². The summed E-state index contributed by atoms with van der Waals surface area (Å²) in [5, 5.41) is 17.5. The lowest BCUT2D eigenvalue weighted by Gasteiger charge is -2.19. The summed E-state index contributed by atoms with van der Waals surface area (Å²) >= 11 is 0. The Bertz CT molecular complexity index is 439. The van der Waals surface area contributed by atoms with Gasteiger partial charge in [-0.3, -0.25) is 0 Å². The summed E-state index contributed by atoms with van der Waals surface area (Å²) in [6, 6.07) is 9.90. The molecule has 1 aromatic rings. The van der Waals surface area contributed by atoms with E-state index in [-0.39, 0.29) is 5.41 Å². The molecule has 0 N–H and O–H groups in total. The number of benzene rings is 1. The second-order valence-electron chi connectivity index (χ2n) is 4.62. The van der Waals surface area contributed by atoms with Crippen LogP contribution in [-0.2, 0) is 11.8 Å². The van der Waals surface area contributed by atoms with E-state index in [9.17, 15) is 0 Å². The molecule has 2 nitrogen and oxygen atoms in total. The van der Waals surface area contributed by atoms with Gasteiger partial charge in [-0.25, -0.2) is 0 Å². The SMILES string of the molecule is CC(C)(C)c1cc(C#N)cc(CC#N)c1. The van der Waals surface area contributed by atoms with E-state index < -0.39 is 0 Å². The first-order chi connectivity index (χ1) is 6.97. The molecular weight excluding hydrogens is 184 g/mol. The summed E-state index contributed by atoms with van der Waals surface area (Å²) in [5.41, 5.74) is 2.66. The van der Waals surface area contributed by atoms with Gasteiger partial charge in [0.05, 0.1) is 24.1 Å². The summed E-state index contributed by atoms with van der Waals surface area (Å²) < 4.78 is 0. The molecule has 1 rings (SSSR count). The lowest BCUT2D eigenvalue weighted by molar-refractivity contribution is 0.589. The third-order valence-corrected chi connectivity index (χ3v) is 2.27. The van der Waals surface area contributed by atoms with Crippen molar-refractivity contribution in [2.75, 3.05) is 0 Å². The van der Waals surface area contributed by atoms with Gasteiger partial charge in [-0.15, -0.1) is 0 Å². The molecule has 0 aromatic heterocycles. The standard InChI is InChI=1S/C13H14N2/c1-13(2,3)12-7-10(4-5-14)6-11(8-12)9-15/h6-8H,4H2,1-3H3. The first-order valence-corrected chi connectivity index (χ1v) is 4.89. The maximum atomic E-state index is 8.89. The predicted octanol–water partition coefficient (Wildman–Crippen LogP) is 2.92. The summed E-state index contributed by atoms with van der Waals surface area (Å²) in [4.78, 5) is 0. The molecule has 15 heavy (non-hydrogen) atoms. The minimum Gasteiger partial charge on any atom is -0.198 e. The van der Waals surface area contributed by atoms with Crippen molar-refractivity contribution in [3.63, 3.8) is 0 Å². The molecule has 0 saturated heterocycles. The van der Waals surface area contributed by atoms with Crippen LogP contribution in [0.5, 0.6) is 0 Å². The number of rotatable bonds is 1. The van der Waals surface area contributed by atoms with Crippen molar-refractivity contribution in [2.45, 2.75) is 32.6 Å². The number of hydrogen-bond donors (Lipinski definition) is 0. The minimum absolute atomic E-state index is 0.0110. The lowest BCUT2D eigenvalue weighted by atomic mass is 9.85. The van der Waals surface area contributed by atoms with E-state index in [2.05, 4.69) is 32.9 Å². The van der Waals surface area contributed by atoms with Gasteiger partial charge in [0.25, 0.3) is 0 Å². The Morgan fingerprint density at radius 3 is 2.27 bits per heavy atom. The molecular formula is C13H14N2. The molecule has 76 valence electrons. The van der Waals surface area contributed by atoms with Crippen LogP contribution in [0.2, 0.25) is 0 Å². The molecule has 0 amide bonds. The highest BCUT2D eigenvalue weighted by molar-refractivity contribution is 5.40. The maximum Gasteiger partial charge on any atom is 0.0991 e. The normalized spacial score (nSPS) is 10.5. The summed E-state index contributed by atoms with van der Waals surface area (Å²) in [5.74, 6) is 0. The van der Waals surface area contributed by atoms with E-state index in [0.29, 0.717) is 12.0 Å². The van der Waals surface area contributed by atoms with Crippen LogP contribution in [0.3, 0.4) is 0 Å². The fourth-order valence-electron chi connectivity index (χ4n) is 1.38. The second kappa shape index (κ2) is 4.15. The van der Waals surface area contributed by atoms with Crippen LogP contribution in [0.4, 0.5) is 0 Å². The van der Waals surface area contributed by atoms with Gasteiger partial charge in [0.1, 0.15) is 0 Å². The van der Waals surface area contributed by atoms with Crippen molar-refractivity contribution < 1.29 is 0 Å². The molecule has 0 aliphatic carbocycles. The van der Waals surface area contributed by atoms with E-state index in [1.165, 1.54) is 0 Å². The van der Waals surface area contributed by atoms with E-state index >= 15 is 0 Å². The lowest BCUT2D eigenvalue weighted by Crippen LogP contribution is -2.11. The average molecular weight is 198 g/mol. The fraction of sp³-hybridized carbons (Fsp3) is 0.385. The Hall–Kier alpha value is -1.80. The largest absolute Gasteiger partial charge is 0.198 e. The Morgan fingerprint density at radius 1 is 1.13 bits per heavy atom. The molecule has 0 atom stereocenters. The van der Waals surface area contributed by atoms with Crippen LogP contribution < -0.4 is 0 Å². The van der Waals surface area contributed by atoms with Crippen molar-refractivity contribution in [3.8, 4) is 12.1 Å². The molecule has 0 fully saturated rings. The van der Waals surface area contributed by atoms with E-state index in [4.69, 9.17) is 10.5 Å². The number of nitrogens with zero attached hydrogens (tertiary/aromatic N) is 2. The van der Waals surface area contributed by atoms with Gasteiger partial charge in [-0.05, 0) is 28.7 Å². The molecule has 1 aromatic carbocycles. The van der Waals surface area contributed by atoms with Gasteiger partial charge in [-0.2, -0.15) is 10.5 Å². The van der Waals surface area contributed by atoms with Gasteiger partial charge in [0.2, 0.25) is 0 Å². The van der Waals surface area contributed by atoms with Crippen molar-refractivity contribution in [1.29, 1.82) is 10.5 Å². The average Bonchev–Trinajstić information content (AvgIpc) is 2.16. The summed E-state index contributed by atoms with van der Waals surface area (Å²) in [6.07, 6.45) is 0.360. The first kappa shape index (κ1) is 11.3. The van der Waals surface area contributed by atoms with Crippen molar-refractivity contribution in [1.82, 2.24) is 0 Å². The van der Waals surface area contributed by atoms with Gasteiger partial charge < -0.3 is 0 Å². The maximum absolute atomic E-state index is 8.89. The Balaban J connectivity index is 3.26. The van der Waals surface area contributed by atoms with Crippen molar-refractivity contribution in [2.24, 2.45) is 0 Å². The zero-order valence-corrected chi connectivity index (χ0v) is 9.33. The molecule has 0 radical (unpaired) electrons. The molecule has 0 unspecified atom stereocenters. The zero-order valence-electron chi connectivity index (χ0n) is 9.33. The second-order valence-corrected chi connectivity index (χ2v) is 4.62. The summed E-state index contributed by atoms with van der Waals surface area (Å²) in [7, 11) is 0. The molecule has 2 heteroatoms. The van der Waals surface area contributed by atoms with Gasteiger partial charge in [-0.1, -0.05) is 26.8 Å². The van der Waals surface area contributed by atoms with Gasteiger partial charge >= 0.3 is 0 Å². The van der Waals surface area contributed by atoms with Gasteiger partial charge in [0.15, 0.2) is 0 Å². The molecule has 0 bridgehead atoms. The number of hydrogen-bond acceptors (Lipinski definition) is 2. The third-order valence-electron chi connectivity index (χ3n) is 2.27. The topological polar surface area (TPSA) is 47.6 Å². The van der Waals surface area contributed by atoms with Gasteiger partial charge in [0, 0.05) is 0 Å². The smallest absolute Gasteiger partial charge is 0.0991 e. The third kappa shape index (κ3) is 2.82. The quantitative estimate of drug-likeness (QED) is 0.696. The van der Waals surface area contributed by atoms with Crippen LogP contribution in [0.1, 0.15) is 37.5 Å². The first-order valence-electron chi connectivity index (χ1n) is 4.89. The van der Waals surface area contributed by atoms with Crippen molar-refractivity contribution in [3.05, 3.63) is 34.9 Å². The number of nitriles is 2. The fourth-order valence-corrected chi connectivity index (χ4v) is 1.38. The van der Waals surface area contributed by atoms with Crippen molar-refractivity contribution >= 4 is 0 Å². The molecule has 0 aliphatic rings. The van der Waals surface area contributed by atoms with Crippen LogP contribution in [0.15, 0.2) is 18.2 Å². The Labute approximate surface area is 90.8 Å². The zero-order chi connectivity index (χ0) is 11.5. The van der Waals surface area contributed by atoms with E-state index in [1.54, 1.807) is 6.07 Å². The van der Waals surface area contributed by atoms with Crippen LogP contribution in [0.25, 0.3) is 0 Å². The summed E-state index contributed by atoms with van der Waals surface area (Å²) in [6.45, 7) is 6.29. The highest BCUT2D eigenvalue weighted by atomic mass is 14.3. The van der Waals surface area contributed by atoms with Crippen LogP contribution in [-0.4, -0.2) is 0 Å². The monoisotopic (exact) mass is 198 g/mol. The Morgan fingerprint density at radius 2 is 1.80 bits per heavy atom. The van der Waals surface area contributed by atoms with Crippen LogP contribution in [0, 0.1) is 22.7 Å². The minimum atomic E-state index is 0.0110. The molecule has 0 spiro atoms. The molecule has 0 aliphatic heterocycles. The Kier molecular flexibility index (Phi) is 3.12. The molecule has 0 saturated carbocycles. The predicted molar refractivity (Wildman–Crippen MR) is 59.2 cm³/mol. The van der Waals surface area contributed by atoms with E-state index in [0.717, 1.165) is 11.1 Å². The molecule has 0 heterocycles. The highest BCUT2D eigenvalue weighted by Gasteiger charge is 2.15. The highest BCUT2D eigenvalue weighted by Crippen LogP contribution is 2.24. The van der Waals surface area contributed by atoms with Crippen LogP contribution >= 0.6 is 0 Å².